The number of esters is 1. The Morgan fingerprint density at radius 1 is 1.35 bits per heavy atom. The minimum atomic E-state index is -0.746. The zero-order valence-corrected chi connectivity index (χ0v) is 10.8. The Morgan fingerprint density at radius 2 is 2.05 bits per heavy atom. The highest BCUT2D eigenvalue weighted by molar-refractivity contribution is 5.96. The van der Waals surface area contributed by atoms with Gasteiger partial charge >= 0.3 is 5.97 Å². The number of nitrogens with zero attached hydrogens (tertiary/aromatic N) is 1. The number of anilines is 1. The highest BCUT2D eigenvalue weighted by Crippen LogP contribution is 2.14. The molecule has 108 valence electrons. The smallest absolute Gasteiger partial charge is 0.340 e. The number of amides is 1. The predicted molar refractivity (Wildman–Crippen MR) is 68.5 cm³/mol. The van der Waals surface area contributed by atoms with Crippen molar-refractivity contribution in [1.82, 2.24) is 4.90 Å². The second kappa shape index (κ2) is 6.33. The summed E-state index contributed by atoms with van der Waals surface area (Å²) < 4.78 is 22.9. The van der Waals surface area contributed by atoms with Gasteiger partial charge in [0, 0.05) is 18.8 Å². The predicted octanol–water partition coefficient (Wildman–Crippen LogP) is 0.423. The molecule has 1 aromatic rings. The minimum absolute atomic E-state index is 0.0196. The molecule has 1 heterocycles. The molecule has 0 aromatic heterocycles. The molecule has 20 heavy (non-hydrogen) atoms. The van der Waals surface area contributed by atoms with Crippen LogP contribution in [0.2, 0.25) is 0 Å². The number of hydrogen-bond acceptors (Lipinski definition) is 5. The molecule has 0 unspecified atom stereocenters. The van der Waals surface area contributed by atoms with Crippen LogP contribution in [0, 0.1) is 5.82 Å². The van der Waals surface area contributed by atoms with E-state index in [1.807, 2.05) is 0 Å². The zero-order valence-electron chi connectivity index (χ0n) is 10.8. The summed E-state index contributed by atoms with van der Waals surface area (Å²) in [6.07, 6.45) is 0. The maximum Gasteiger partial charge on any atom is 0.340 e. The minimum Gasteiger partial charge on any atom is -0.452 e. The Kier molecular flexibility index (Phi) is 4.52. The molecule has 0 aliphatic carbocycles. The molecule has 6 nitrogen and oxygen atoms in total. The van der Waals surface area contributed by atoms with E-state index >= 15 is 0 Å². The number of nitrogen functional groups attached to an aromatic ring is 1. The standard InChI is InChI=1S/C13H15FN2O4/c14-9-1-2-10(11(15)7-9)13(18)20-8-12(17)16-3-5-19-6-4-16/h1-2,7H,3-6,8,15H2. The van der Waals surface area contributed by atoms with Crippen molar-refractivity contribution >= 4 is 17.6 Å². The highest BCUT2D eigenvalue weighted by Gasteiger charge is 2.19. The van der Waals surface area contributed by atoms with Crippen molar-refractivity contribution in [2.24, 2.45) is 0 Å². The van der Waals surface area contributed by atoms with Gasteiger partial charge < -0.3 is 20.1 Å². The molecule has 1 amide bonds. The van der Waals surface area contributed by atoms with Gasteiger partial charge in [-0.05, 0) is 18.2 Å². The number of nitrogens with two attached hydrogens (primary N) is 1. The van der Waals surface area contributed by atoms with E-state index in [0.29, 0.717) is 26.3 Å². The lowest BCUT2D eigenvalue weighted by molar-refractivity contribution is -0.138. The van der Waals surface area contributed by atoms with Crippen molar-refractivity contribution in [3.05, 3.63) is 29.6 Å². The van der Waals surface area contributed by atoms with Crippen LogP contribution >= 0.6 is 0 Å². The van der Waals surface area contributed by atoms with Gasteiger partial charge in [0.1, 0.15) is 5.82 Å². The molecule has 1 aliphatic rings. The van der Waals surface area contributed by atoms with E-state index in [-0.39, 0.29) is 23.8 Å². The second-order valence-corrected chi connectivity index (χ2v) is 4.30. The van der Waals surface area contributed by atoms with Gasteiger partial charge in [-0.1, -0.05) is 0 Å². The van der Waals surface area contributed by atoms with E-state index in [4.69, 9.17) is 15.2 Å². The lowest BCUT2D eigenvalue weighted by Crippen LogP contribution is -2.42. The maximum absolute atomic E-state index is 12.9. The third-order valence-corrected chi connectivity index (χ3v) is 2.92. The first kappa shape index (κ1) is 14.3. The van der Waals surface area contributed by atoms with E-state index in [2.05, 4.69) is 0 Å². The number of halogens is 1. The van der Waals surface area contributed by atoms with Crippen LogP contribution in [0.4, 0.5) is 10.1 Å². The van der Waals surface area contributed by atoms with E-state index in [9.17, 15) is 14.0 Å². The molecule has 1 aliphatic heterocycles. The molecular weight excluding hydrogens is 267 g/mol. The number of benzene rings is 1. The Hall–Kier alpha value is -2.15. The molecule has 0 saturated carbocycles. The fourth-order valence-corrected chi connectivity index (χ4v) is 1.83. The number of morpholine rings is 1. The third-order valence-electron chi connectivity index (χ3n) is 2.92. The average Bonchev–Trinajstić information content (AvgIpc) is 2.45. The van der Waals surface area contributed by atoms with Crippen molar-refractivity contribution in [3.8, 4) is 0 Å². The molecule has 0 radical (unpaired) electrons. The lowest BCUT2D eigenvalue weighted by atomic mass is 10.2. The first-order valence-corrected chi connectivity index (χ1v) is 6.15. The Balaban J connectivity index is 1.89. The Labute approximate surface area is 115 Å². The lowest BCUT2D eigenvalue weighted by Gasteiger charge is -2.26. The van der Waals surface area contributed by atoms with Crippen LogP contribution in [-0.2, 0) is 14.3 Å². The first-order chi connectivity index (χ1) is 9.58. The largest absolute Gasteiger partial charge is 0.452 e. The van der Waals surface area contributed by atoms with Crippen molar-refractivity contribution < 1.29 is 23.5 Å². The van der Waals surface area contributed by atoms with E-state index in [1.54, 1.807) is 4.90 Å². The van der Waals surface area contributed by atoms with Crippen LogP contribution in [0.25, 0.3) is 0 Å². The van der Waals surface area contributed by atoms with Crippen molar-refractivity contribution in [2.75, 3.05) is 38.6 Å². The van der Waals surface area contributed by atoms with Crippen LogP contribution < -0.4 is 5.73 Å². The number of rotatable bonds is 3. The van der Waals surface area contributed by atoms with Crippen LogP contribution in [-0.4, -0.2) is 49.7 Å². The van der Waals surface area contributed by atoms with Gasteiger partial charge in [-0.25, -0.2) is 9.18 Å². The van der Waals surface area contributed by atoms with Crippen molar-refractivity contribution in [2.45, 2.75) is 0 Å². The third kappa shape index (κ3) is 3.45. The summed E-state index contributed by atoms with van der Waals surface area (Å²) in [6.45, 7) is 1.55. The van der Waals surface area contributed by atoms with E-state index < -0.39 is 11.8 Å². The number of ether oxygens (including phenoxy) is 2. The van der Waals surface area contributed by atoms with E-state index in [1.165, 1.54) is 6.07 Å². The van der Waals surface area contributed by atoms with Gasteiger partial charge in [0.15, 0.2) is 6.61 Å². The summed E-state index contributed by atoms with van der Waals surface area (Å²) in [7, 11) is 0. The summed E-state index contributed by atoms with van der Waals surface area (Å²) in [5, 5.41) is 0. The van der Waals surface area contributed by atoms with Gasteiger partial charge in [0.2, 0.25) is 0 Å². The summed E-state index contributed by atoms with van der Waals surface area (Å²) in [5.74, 6) is -1.57. The summed E-state index contributed by atoms with van der Waals surface area (Å²) in [5.41, 5.74) is 5.54. The van der Waals surface area contributed by atoms with Gasteiger partial charge in [-0.2, -0.15) is 0 Å². The molecule has 0 spiro atoms. The quantitative estimate of drug-likeness (QED) is 0.642. The molecule has 0 atom stereocenters. The molecule has 0 bridgehead atoms. The van der Waals surface area contributed by atoms with Crippen LogP contribution in [0.5, 0.6) is 0 Å². The molecule has 2 N–H and O–H groups in total. The maximum atomic E-state index is 12.9. The summed E-state index contributed by atoms with van der Waals surface area (Å²) in [6, 6.07) is 3.36. The van der Waals surface area contributed by atoms with Crippen molar-refractivity contribution in [3.63, 3.8) is 0 Å². The second-order valence-electron chi connectivity index (χ2n) is 4.30. The molecule has 1 saturated heterocycles. The molecule has 1 fully saturated rings. The van der Waals surface area contributed by atoms with Crippen LogP contribution in [0.1, 0.15) is 10.4 Å². The monoisotopic (exact) mass is 282 g/mol. The highest BCUT2D eigenvalue weighted by atomic mass is 19.1. The average molecular weight is 282 g/mol. The topological polar surface area (TPSA) is 81.9 Å². The van der Waals surface area contributed by atoms with E-state index in [0.717, 1.165) is 12.1 Å². The van der Waals surface area contributed by atoms with Gasteiger partial charge in [0.25, 0.3) is 5.91 Å². The number of hydrogen-bond donors (Lipinski definition) is 1. The molecule has 2 rings (SSSR count). The summed E-state index contributed by atoms with van der Waals surface area (Å²) >= 11 is 0. The Bertz CT molecular complexity index is 515. The number of carbonyl (C=O) groups is 2. The first-order valence-electron chi connectivity index (χ1n) is 6.15. The SMILES string of the molecule is Nc1cc(F)ccc1C(=O)OCC(=O)N1CCOCC1. The Morgan fingerprint density at radius 3 is 2.70 bits per heavy atom. The fourth-order valence-electron chi connectivity index (χ4n) is 1.83. The molecule has 7 heteroatoms. The van der Waals surface area contributed by atoms with Crippen LogP contribution in [0.15, 0.2) is 18.2 Å². The molecule has 1 aromatic carbocycles. The van der Waals surface area contributed by atoms with Gasteiger partial charge in [0.05, 0.1) is 18.8 Å². The van der Waals surface area contributed by atoms with Crippen LogP contribution in [0.3, 0.4) is 0 Å². The summed E-state index contributed by atoms with van der Waals surface area (Å²) in [4.78, 5) is 25.1. The molecular formula is C13H15FN2O4. The normalized spacial score (nSPS) is 14.9. The van der Waals surface area contributed by atoms with Gasteiger partial charge in [-0.3, -0.25) is 4.79 Å². The fraction of sp³-hybridized carbons (Fsp3) is 0.385. The van der Waals surface area contributed by atoms with Crippen molar-refractivity contribution in [1.29, 1.82) is 0 Å². The zero-order chi connectivity index (χ0) is 14.5. The number of carbonyl (C=O) groups excluding carboxylic acids is 2. The van der Waals surface area contributed by atoms with Gasteiger partial charge in [-0.15, -0.1) is 0 Å².